The molecule has 0 radical (unpaired) electrons. The molecule has 34 heavy (non-hydrogen) atoms. The Balaban J connectivity index is 1.23. The summed E-state index contributed by atoms with van der Waals surface area (Å²) in [6.07, 6.45) is 2.40. The van der Waals surface area contributed by atoms with Crippen LogP contribution in [0.4, 0.5) is 17.1 Å². The van der Waals surface area contributed by atoms with Crippen molar-refractivity contribution in [1.29, 1.82) is 0 Å². The van der Waals surface area contributed by atoms with Gasteiger partial charge in [0.25, 0.3) is 0 Å². The molecule has 3 aliphatic heterocycles. The molecule has 0 spiro atoms. The Kier molecular flexibility index (Phi) is 7.02. The molecule has 180 valence electrons. The Morgan fingerprint density at radius 2 is 1.71 bits per heavy atom. The molecule has 2 aromatic rings. The molecule has 2 saturated heterocycles. The zero-order valence-electron chi connectivity index (χ0n) is 20.3. The number of hydrogen-bond donors (Lipinski definition) is 3. The number of aliphatic imine (C=N–C) groups is 1. The normalized spacial score (nSPS) is 20.1. The van der Waals surface area contributed by atoms with E-state index < -0.39 is 0 Å². The zero-order valence-corrected chi connectivity index (χ0v) is 20.3. The SMILES string of the molecule is CC1=C(Nc2cccc(C3CCNCC3)c2)N=C(Nc2ccc(N3CCN(C)CC3)cc2)[N-]C1. The first kappa shape index (κ1) is 22.7. The van der Waals surface area contributed by atoms with Crippen LogP contribution in [-0.2, 0) is 0 Å². The number of piperazine rings is 1. The molecule has 0 unspecified atom stereocenters. The van der Waals surface area contributed by atoms with Crippen molar-refractivity contribution < 1.29 is 0 Å². The molecule has 5 rings (SSSR count). The topological polar surface area (TPSA) is 69.0 Å². The molecule has 0 saturated carbocycles. The van der Waals surface area contributed by atoms with Crippen LogP contribution in [0.15, 0.2) is 64.9 Å². The van der Waals surface area contributed by atoms with Crippen molar-refractivity contribution >= 4 is 23.0 Å². The van der Waals surface area contributed by atoms with E-state index >= 15 is 0 Å². The molecule has 3 heterocycles. The fourth-order valence-corrected chi connectivity index (χ4v) is 4.82. The van der Waals surface area contributed by atoms with Gasteiger partial charge in [-0.2, -0.15) is 0 Å². The molecular weight excluding hydrogens is 422 g/mol. The van der Waals surface area contributed by atoms with Gasteiger partial charge in [-0.25, -0.2) is 0 Å². The highest BCUT2D eigenvalue weighted by Crippen LogP contribution is 2.28. The molecule has 3 N–H and O–H groups in total. The average Bonchev–Trinajstić information content (AvgIpc) is 2.88. The molecular formula is C27H36N7-. The lowest BCUT2D eigenvalue weighted by molar-refractivity contribution is 0.313. The van der Waals surface area contributed by atoms with E-state index in [1.54, 1.807) is 0 Å². The van der Waals surface area contributed by atoms with E-state index in [1.807, 2.05) is 0 Å². The van der Waals surface area contributed by atoms with E-state index in [1.165, 1.54) is 24.1 Å². The van der Waals surface area contributed by atoms with E-state index in [2.05, 4.69) is 93.6 Å². The van der Waals surface area contributed by atoms with Crippen molar-refractivity contribution in [3.8, 4) is 0 Å². The van der Waals surface area contributed by atoms with Crippen LogP contribution in [-0.4, -0.2) is 63.7 Å². The maximum absolute atomic E-state index is 4.80. The maximum Gasteiger partial charge on any atom is 0.0588 e. The van der Waals surface area contributed by atoms with Crippen LogP contribution in [0.3, 0.4) is 0 Å². The quantitative estimate of drug-likeness (QED) is 0.620. The summed E-state index contributed by atoms with van der Waals surface area (Å²) < 4.78 is 0. The smallest absolute Gasteiger partial charge is 0.0588 e. The minimum atomic E-state index is 0.633. The monoisotopic (exact) mass is 458 g/mol. The third-order valence-corrected chi connectivity index (χ3v) is 7.04. The fraction of sp³-hybridized carbons (Fsp3) is 0.444. The van der Waals surface area contributed by atoms with E-state index in [0.717, 1.165) is 62.0 Å². The first-order valence-corrected chi connectivity index (χ1v) is 12.5. The lowest BCUT2D eigenvalue weighted by atomic mass is 9.90. The van der Waals surface area contributed by atoms with Crippen LogP contribution in [0.1, 0.15) is 31.2 Å². The van der Waals surface area contributed by atoms with Crippen molar-refractivity contribution in [3.05, 3.63) is 70.8 Å². The molecule has 0 aliphatic carbocycles. The van der Waals surface area contributed by atoms with Gasteiger partial charge >= 0.3 is 0 Å². The van der Waals surface area contributed by atoms with Crippen molar-refractivity contribution in [1.82, 2.24) is 10.2 Å². The van der Waals surface area contributed by atoms with Crippen LogP contribution in [0.2, 0.25) is 0 Å². The number of rotatable bonds is 5. The first-order chi connectivity index (χ1) is 16.6. The summed E-state index contributed by atoms with van der Waals surface area (Å²) >= 11 is 0. The number of hydrogen-bond acceptors (Lipinski definition) is 6. The van der Waals surface area contributed by atoms with Gasteiger partial charge < -0.3 is 36.1 Å². The second-order valence-electron chi connectivity index (χ2n) is 9.62. The van der Waals surface area contributed by atoms with Crippen LogP contribution < -0.4 is 20.9 Å². The van der Waals surface area contributed by atoms with Gasteiger partial charge in [0.2, 0.25) is 0 Å². The Morgan fingerprint density at radius 3 is 2.47 bits per heavy atom. The number of nitrogens with one attached hydrogen (secondary N) is 3. The van der Waals surface area contributed by atoms with Crippen LogP contribution in [0.25, 0.3) is 5.32 Å². The van der Waals surface area contributed by atoms with Gasteiger partial charge in [-0.3, -0.25) is 0 Å². The van der Waals surface area contributed by atoms with Crippen molar-refractivity contribution in [2.24, 2.45) is 4.99 Å². The largest absolute Gasteiger partial charge is 0.412 e. The molecule has 0 aromatic heterocycles. The Labute approximate surface area is 203 Å². The summed E-state index contributed by atoms with van der Waals surface area (Å²) in [5.74, 6) is 2.16. The average molecular weight is 459 g/mol. The Bertz CT molecular complexity index is 1030. The van der Waals surface area contributed by atoms with E-state index in [0.29, 0.717) is 18.4 Å². The Hall–Kier alpha value is -3.03. The second-order valence-corrected chi connectivity index (χ2v) is 9.62. The third-order valence-electron chi connectivity index (χ3n) is 7.04. The summed E-state index contributed by atoms with van der Waals surface area (Å²) in [4.78, 5) is 9.62. The number of benzene rings is 2. The highest BCUT2D eigenvalue weighted by Gasteiger charge is 2.16. The Morgan fingerprint density at radius 1 is 0.941 bits per heavy atom. The molecule has 0 amide bonds. The van der Waals surface area contributed by atoms with Gasteiger partial charge in [0.1, 0.15) is 0 Å². The summed E-state index contributed by atoms with van der Waals surface area (Å²) in [5, 5.41) is 15.0. The summed E-state index contributed by atoms with van der Waals surface area (Å²) in [7, 11) is 2.18. The van der Waals surface area contributed by atoms with E-state index in [4.69, 9.17) is 4.99 Å². The highest BCUT2D eigenvalue weighted by molar-refractivity contribution is 6.05. The molecule has 0 atom stereocenters. The van der Waals surface area contributed by atoms with Gasteiger partial charge in [-0.05, 0) is 86.9 Å². The van der Waals surface area contributed by atoms with Gasteiger partial charge in [0, 0.05) is 50.1 Å². The predicted octanol–water partition coefficient (Wildman–Crippen LogP) is 4.40. The van der Waals surface area contributed by atoms with Crippen molar-refractivity contribution in [2.75, 3.05) is 68.4 Å². The van der Waals surface area contributed by atoms with E-state index in [9.17, 15) is 0 Å². The molecule has 3 aliphatic rings. The van der Waals surface area contributed by atoms with Gasteiger partial charge in [-0.1, -0.05) is 24.3 Å². The standard InChI is InChI=1S/C27H36N7/c1-20-19-29-27(31-23-6-8-25(9-7-23)34-16-14-33(2)15-17-34)32-26(20)30-24-5-3-4-22(18-24)21-10-12-28-13-11-21/h3-9,18,21,28,30H,10-17,19H2,1-2H3,(H-,29,31,32)/q-1. The van der Waals surface area contributed by atoms with Crippen molar-refractivity contribution in [2.45, 2.75) is 25.7 Å². The summed E-state index contributed by atoms with van der Waals surface area (Å²) in [5.41, 5.74) is 5.92. The van der Waals surface area contributed by atoms with Crippen molar-refractivity contribution in [3.63, 3.8) is 0 Å². The van der Waals surface area contributed by atoms with E-state index in [-0.39, 0.29) is 0 Å². The number of anilines is 3. The van der Waals surface area contributed by atoms with Gasteiger partial charge in [0.15, 0.2) is 0 Å². The highest BCUT2D eigenvalue weighted by atomic mass is 15.3. The molecule has 7 nitrogen and oxygen atoms in total. The lowest BCUT2D eigenvalue weighted by Crippen LogP contribution is -2.44. The number of piperidine rings is 1. The first-order valence-electron chi connectivity index (χ1n) is 12.5. The minimum Gasteiger partial charge on any atom is -0.412 e. The molecule has 2 aromatic carbocycles. The molecule has 7 heteroatoms. The van der Waals surface area contributed by atoms with Crippen LogP contribution in [0, 0.1) is 0 Å². The fourth-order valence-electron chi connectivity index (χ4n) is 4.82. The second kappa shape index (κ2) is 10.5. The predicted molar refractivity (Wildman–Crippen MR) is 143 cm³/mol. The molecule has 2 fully saturated rings. The summed E-state index contributed by atoms with van der Waals surface area (Å²) in [6.45, 7) is 9.30. The van der Waals surface area contributed by atoms with Gasteiger partial charge in [-0.15, -0.1) is 0 Å². The van der Waals surface area contributed by atoms with Crippen LogP contribution >= 0.6 is 0 Å². The maximum atomic E-state index is 4.80. The molecule has 0 bridgehead atoms. The third kappa shape index (κ3) is 5.54. The minimum absolute atomic E-state index is 0.633. The summed E-state index contributed by atoms with van der Waals surface area (Å²) in [6, 6.07) is 17.4. The van der Waals surface area contributed by atoms with Crippen LogP contribution in [0.5, 0.6) is 0 Å². The number of nitrogens with zero attached hydrogens (tertiary/aromatic N) is 4. The zero-order chi connectivity index (χ0) is 23.3. The lowest BCUT2D eigenvalue weighted by Gasteiger charge is -2.34. The number of likely N-dealkylation sites (N-methyl/N-ethyl adjacent to an activating group) is 1. The number of guanidine groups is 1. The van der Waals surface area contributed by atoms with Gasteiger partial charge in [0.05, 0.1) is 5.82 Å².